The van der Waals surface area contributed by atoms with Crippen LogP contribution in [0.25, 0.3) is 0 Å². The van der Waals surface area contributed by atoms with Crippen LogP contribution in [0.4, 0.5) is 4.79 Å². The lowest BCUT2D eigenvalue weighted by atomic mass is 10.1. The number of carboxylic acids is 1. The van der Waals surface area contributed by atoms with Crippen molar-refractivity contribution in [3.05, 3.63) is 35.9 Å². The standard InChI is InChI=1S/C12H16N2O4S/c1-19(18)8-7-13-12(17)14-10(11(15)16)9-5-3-2-4-6-9/h2-6,10H,7-8H2,1H3,(H,15,16)(H2,13,14,17). The van der Waals surface area contributed by atoms with Gasteiger partial charge >= 0.3 is 12.0 Å². The predicted octanol–water partition coefficient (Wildman–Crippen LogP) is 0.490. The minimum Gasteiger partial charge on any atom is -0.479 e. The highest BCUT2D eigenvalue weighted by molar-refractivity contribution is 7.84. The lowest BCUT2D eigenvalue weighted by Gasteiger charge is -2.15. The molecule has 0 heterocycles. The first-order valence-corrected chi connectivity index (χ1v) is 7.35. The van der Waals surface area contributed by atoms with Crippen LogP contribution >= 0.6 is 0 Å². The number of carboxylic acid groups (broad SMARTS) is 1. The van der Waals surface area contributed by atoms with E-state index >= 15 is 0 Å². The van der Waals surface area contributed by atoms with Gasteiger partial charge in [0.2, 0.25) is 0 Å². The molecule has 0 spiro atoms. The predicted molar refractivity (Wildman–Crippen MR) is 72.3 cm³/mol. The average Bonchev–Trinajstić information content (AvgIpc) is 2.36. The van der Waals surface area contributed by atoms with E-state index in [1.807, 2.05) is 0 Å². The van der Waals surface area contributed by atoms with Crippen LogP contribution in [0.5, 0.6) is 0 Å². The molecule has 1 rings (SSSR count). The maximum absolute atomic E-state index is 11.5. The second-order valence-electron chi connectivity index (χ2n) is 3.86. The van der Waals surface area contributed by atoms with E-state index in [1.165, 1.54) is 6.26 Å². The molecule has 0 bridgehead atoms. The van der Waals surface area contributed by atoms with Gasteiger partial charge in [0.15, 0.2) is 6.04 Å². The Labute approximate surface area is 113 Å². The molecule has 104 valence electrons. The largest absolute Gasteiger partial charge is 0.479 e. The molecule has 1 aromatic rings. The van der Waals surface area contributed by atoms with Crippen molar-refractivity contribution >= 4 is 22.8 Å². The van der Waals surface area contributed by atoms with E-state index < -0.39 is 28.8 Å². The molecule has 0 aliphatic rings. The van der Waals surface area contributed by atoms with Crippen molar-refractivity contribution < 1.29 is 18.9 Å². The Morgan fingerprint density at radius 2 is 1.95 bits per heavy atom. The number of urea groups is 1. The van der Waals surface area contributed by atoms with Crippen molar-refractivity contribution in [1.29, 1.82) is 0 Å². The third-order valence-electron chi connectivity index (χ3n) is 2.33. The van der Waals surface area contributed by atoms with Gasteiger partial charge in [0.25, 0.3) is 0 Å². The van der Waals surface area contributed by atoms with Gasteiger partial charge in [-0.1, -0.05) is 30.3 Å². The Balaban J connectivity index is 2.57. The van der Waals surface area contributed by atoms with E-state index in [0.29, 0.717) is 11.3 Å². The molecule has 3 N–H and O–H groups in total. The Kier molecular flexibility index (Phi) is 6.01. The zero-order valence-electron chi connectivity index (χ0n) is 10.5. The monoisotopic (exact) mass is 284 g/mol. The number of carbonyl (C=O) groups is 2. The summed E-state index contributed by atoms with van der Waals surface area (Å²) in [6, 6.07) is 6.71. The second-order valence-corrected chi connectivity index (χ2v) is 5.41. The highest BCUT2D eigenvalue weighted by Gasteiger charge is 2.21. The van der Waals surface area contributed by atoms with Crippen molar-refractivity contribution in [3.63, 3.8) is 0 Å². The lowest BCUT2D eigenvalue weighted by molar-refractivity contribution is -0.139. The number of hydrogen-bond acceptors (Lipinski definition) is 3. The van der Waals surface area contributed by atoms with E-state index in [4.69, 9.17) is 5.11 Å². The maximum atomic E-state index is 11.5. The summed E-state index contributed by atoms with van der Waals surface area (Å²) in [5.41, 5.74) is 0.490. The van der Waals surface area contributed by atoms with E-state index in [2.05, 4.69) is 10.6 Å². The molecule has 0 fully saturated rings. The minimum atomic E-state index is -1.14. The van der Waals surface area contributed by atoms with Gasteiger partial charge in [-0.3, -0.25) is 4.21 Å². The zero-order chi connectivity index (χ0) is 14.3. The van der Waals surface area contributed by atoms with E-state index in [0.717, 1.165) is 0 Å². The molecular formula is C12H16N2O4S. The average molecular weight is 284 g/mol. The van der Waals surface area contributed by atoms with Crippen LogP contribution < -0.4 is 10.6 Å². The van der Waals surface area contributed by atoms with Crippen molar-refractivity contribution in [1.82, 2.24) is 10.6 Å². The fourth-order valence-corrected chi connectivity index (χ4v) is 1.81. The van der Waals surface area contributed by atoms with E-state index in [9.17, 15) is 13.8 Å². The third-order valence-corrected chi connectivity index (χ3v) is 3.11. The van der Waals surface area contributed by atoms with Gasteiger partial charge in [0, 0.05) is 29.4 Å². The Morgan fingerprint density at radius 1 is 1.32 bits per heavy atom. The molecule has 0 aromatic heterocycles. The number of carbonyl (C=O) groups excluding carboxylic acids is 1. The molecule has 2 amide bonds. The summed E-state index contributed by atoms with van der Waals surface area (Å²) in [5.74, 6) is -0.809. The number of nitrogens with one attached hydrogen (secondary N) is 2. The number of aliphatic carboxylic acids is 1. The molecular weight excluding hydrogens is 268 g/mol. The Hall–Kier alpha value is -1.89. The van der Waals surface area contributed by atoms with Crippen LogP contribution in [-0.4, -0.2) is 39.9 Å². The van der Waals surface area contributed by atoms with Crippen LogP contribution in [0.2, 0.25) is 0 Å². The van der Waals surface area contributed by atoms with Crippen LogP contribution in [0, 0.1) is 0 Å². The van der Waals surface area contributed by atoms with E-state index in [1.54, 1.807) is 30.3 Å². The van der Waals surface area contributed by atoms with Crippen LogP contribution in [0.15, 0.2) is 30.3 Å². The number of hydrogen-bond donors (Lipinski definition) is 3. The summed E-state index contributed by atoms with van der Waals surface area (Å²) >= 11 is 0. The Bertz CT molecular complexity index is 464. The summed E-state index contributed by atoms with van der Waals surface area (Å²) in [5, 5.41) is 13.9. The van der Waals surface area contributed by atoms with Gasteiger partial charge in [-0.15, -0.1) is 0 Å². The SMILES string of the molecule is CS(=O)CCNC(=O)NC(C(=O)O)c1ccccc1. The number of rotatable bonds is 6. The molecule has 0 saturated carbocycles. The summed E-state index contributed by atoms with van der Waals surface area (Å²) in [6.07, 6.45) is 1.53. The minimum absolute atomic E-state index is 0.232. The molecule has 7 heteroatoms. The number of benzene rings is 1. The second kappa shape index (κ2) is 7.52. The lowest BCUT2D eigenvalue weighted by Crippen LogP contribution is -2.42. The van der Waals surface area contributed by atoms with Crippen molar-refractivity contribution in [3.8, 4) is 0 Å². The van der Waals surface area contributed by atoms with Gasteiger partial charge in [0.1, 0.15) is 0 Å². The van der Waals surface area contributed by atoms with Gasteiger partial charge < -0.3 is 15.7 Å². The molecule has 6 nitrogen and oxygen atoms in total. The normalized spacial score (nSPS) is 13.3. The molecule has 0 aliphatic heterocycles. The van der Waals surface area contributed by atoms with Gasteiger partial charge in [-0.05, 0) is 5.56 Å². The molecule has 0 radical (unpaired) electrons. The molecule has 0 aliphatic carbocycles. The first-order valence-electron chi connectivity index (χ1n) is 5.63. The first kappa shape index (κ1) is 15.2. The summed E-state index contributed by atoms with van der Waals surface area (Å²) in [6.45, 7) is 0.232. The van der Waals surface area contributed by atoms with Crippen molar-refractivity contribution in [2.24, 2.45) is 0 Å². The maximum Gasteiger partial charge on any atom is 0.330 e. The first-order chi connectivity index (χ1) is 9.00. The molecule has 0 saturated heterocycles. The summed E-state index contributed by atoms with van der Waals surface area (Å²) in [7, 11) is -0.998. The van der Waals surface area contributed by atoms with Crippen LogP contribution in [0.3, 0.4) is 0 Å². The smallest absolute Gasteiger partial charge is 0.330 e. The van der Waals surface area contributed by atoms with Gasteiger partial charge in [0.05, 0.1) is 0 Å². The van der Waals surface area contributed by atoms with Crippen molar-refractivity contribution in [2.45, 2.75) is 6.04 Å². The zero-order valence-corrected chi connectivity index (χ0v) is 11.3. The molecule has 2 unspecified atom stereocenters. The van der Waals surface area contributed by atoms with E-state index in [-0.39, 0.29) is 6.54 Å². The molecule has 19 heavy (non-hydrogen) atoms. The van der Waals surface area contributed by atoms with Crippen molar-refractivity contribution in [2.75, 3.05) is 18.6 Å². The topological polar surface area (TPSA) is 95.5 Å². The summed E-state index contributed by atoms with van der Waals surface area (Å²) in [4.78, 5) is 22.7. The molecule has 2 atom stereocenters. The summed E-state index contributed by atoms with van der Waals surface area (Å²) < 4.78 is 10.8. The fourth-order valence-electron chi connectivity index (χ4n) is 1.42. The quantitative estimate of drug-likeness (QED) is 0.708. The highest BCUT2D eigenvalue weighted by Crippen LogP contribution is 2.12. The van der Waals surface area contributed by atoms with Crippen LogP contribution in [0.1, 0.15) is 11.6 Å². The highest BCUT2D eigenvalue weighted by atomic mass is 32.2. The fraction of sp³-hybridized carbons (Fsp3) is 0.333. The van der Waals surface area contributed by atoms with Gasteiger partial charge in [-0.2, -0.15) is 0 Å². The number of amides is 2. The van der Waals surface area contributed by atoms with Gasteiger partial charge in [-0.25, -0.2) is 9.59 Å². The third kappa shape index (κ3) is 5.52. The Morgan fingerprint density at radius 3 is 2.47 bits per heavy atom. The van der Waals surface area contributed by atoms with Crippen LogP contribution in [-0.2, 0) is 15.6 Å². The molecule has 1 aromatic carbocycles.